The van der Waals surface area contributed by atoms with Crippen molar-refractivity contribution in [2.24, 2.45) is 12.5 Å². The lowest BCUT2D eigenvalue weighted by Crippen LogP contribution is -2.31. The molecule has 0 radical (unpaired) electrons. The summed E-state index contributed by atoms with van der Waals surface area (Å²) < 4.78 is 26.6. The molecule has 0 saturated heterocycles. The van der Waals surface area contributed by atoms with Crippen molar-refractivity contribution in [3.63, 3.8) is 0 Å². The van der Waals surface area contributed by atoms with Crippen molar-refractivity contribution in [2.75, 3.05) is 0 Å². The second kappa shape index (κ2) is 9.69. The third-order valence-electron chi connectivity index (χ3n) is 8.09. The van der Waals surface area contributed by atoms with Gasteiger partial charge in [-0.3, -0.25) is 0 Å². The van der Waals surface area contributed by atoms with Gasteiger partial charge in [-0.1, -0.05) is 70.0 Å². The maximum atomic E-state index is 10.1. The van der Waals surface area contributed by atoms with Crippen molar-refractivity contribution in [3.05, 3.63) is 89.1 Å². The van der Waals surface area contributed by atoms with Crippen molar-refractivity contribution in [1.82, 2.24) is 0 Å². The molecule has 3 heteroatoms. The van der Waals surface area contributed by atoms with Crippen LogP contribution in [-0.4, -0.2) is 0 Å². The molecule has 6 rings (SSSR count). The smallest absolute Gasteiger partial charge is 0.216 e. The minimum Gasteiger partial charge on any atom is -0.454 e. The van der Waals surface area contributed by atoms with Crippen LogP contribution < -0.4 is 4.57 Å². The van der Waals surface area contributed by atoms with Gasteiger partial charge in [-0.15, -0.1) is 0 Å². The van der Waals surface area contributed by atoms with Gasteiger partial charge in [0, 0.05) is 31.2 Å². The zero-order valence-electron chi connectivity index (χ0n) is 25.6. The highest BCUT2D eigenvalue weighted by atomic mass is 16.3. The normalized spacial score (nSPS) is 15.5. The average molecular weight is 516 g/mol. The topological polar surface area (TPSA) is 40.8 Å². The minimum absolute atomic E-state index is 0.569. The highest BCUT2D eigenvalue weighted by Crippen LogP contribution is 2.43. The van der Waals surface area contributed by atoms with Crippen LogP contribution in [-0.2, 0) is 13.4 Å². The second-order valence-corrected chi connectivity index (χ2v) is 12.1. The fourth-order valence-corrected chi connectivity index (χ4v) is 6.21. The molecule has 3 aromatic carbocycles. The quantitative estimate of drug-likeness (QED) is 0.224. The molecule has 0 atom stereocenters. The zero-order chi connectivity index (χ0) is 29.1. The van der Waals surface area contributed by atoms with Crippen molar-refractivity contribution >= 4 is 21.9 Å². The highest BCUT2D eigenvalue weighted by molar-refractivity contribution is 6.14. The zero-order valence-corrected chi connectivity index (χ0v) is 23.6. The van der Waals surface area contributed by atoms with Gasteiger partial charge in [0.05, 0.1) is 17.2 Å². The van der Waals surface area contributed by atoms with Crippen LogP contribution in [0.25, 0.3) is 44.3 Å². The Hall–Kier alpha value is -3.90. The third kappa shape index (κ3) is 4.63. The Balaban J connectivity index is 1.58. The van der Waals surface area contributed by atoms with Gasteiger partial charge >= 0.3 is 0 Å². The van der Waals surface area contributed by atoms with Gasteiger partial charge in [-0.05, 0) is 71.9 Å². The summed E-state index contributed by atoms with van der Waals surface area (Å²) in [5.41, 5.74) is 8.18. The number of furan rings is 1. The molecule has 0 bridgehead atoms. The van der Waals surface area contributed by atoms with Gasteiger partial charge < -0.3 is 4.42 Å². The molecule has 5 aromatic rings. The number of hydrogen-bond acceptors (Lipinski definition) is 2. The minimum atomic E-state index is -1.52. The SMILES string of the molecule is [2H]C([2H])(c1cc[n+](C)c(-c2c(C)ccc3c2oc2c(-c4ccc(C5CCCC5)cc4)c(C#N)ccc23)c1)C(C)(C)C. The highest BCUT2D eigenvalue weighted by Gasteiger charge is 2.25. The lowest BCUT2D eigenvalue weighted by molar-refractivity contribution is -0.660. The number of nitrogens with zero attached hydrogens (tertiary/aromatic N) is 2. The summed E-state index contributed by atoms with van der Waals surface area (Å²) >= 11 is 0. The fraction of sp³-hybridized carbons (Fsp3) is 0.333. The Morgan fingerprint density at radius 3 is 2.28 bits per heavy atom. The molecule has 1 saturated carbocycles. The number of hydrogen-bond donors (Lipinski definition) is 0. The molecule has 1 aliphatic rings. The van der Waals surface area contributed by atoms with Gasteiger partial charge in [0.25, 0.3) is 0 Å². The van der Waals surface area contributed by atoms with Gasteiger partial charge in [-0.2, -0.15) is 5.26 Å². The van der Waals surface area contributed by atoms with Crippen LogP contribution in [0.5, 0.6) is 0 Å². The lowest BCUT2D eigenvalue weighted by atomic mass is 9.87. The van der Waals surface area contributed by atoms with E-state index in [2.05, 4.69) is 49.4 Å². The first-order valence-corrected chi connectivity index (χ1v) is 14.0. The number of fused-ring (bicyclic) bond motifs is 3. The molecule has 0 N–H and O–H groups in total. The predicted molar refractivity (Wildman–Crippen MR) is 160 cm³/mol. The van der Waals surface area contributed by atoms with E-state index >= 15 is 0 Å². The number of pyridine rings is 1. The molecule has 2 aromatic heterocycles. The van der Waals surface area contributed by atoms with E-state index in [0.29, 0.717) is 22.6 Å². The summed E-state index contributed by atoms with van der Waals surface area (Å²) in [6, 6.07) is 23.0. The molecular weight excluding hydrogens is 476 g/mol. The molecule has 0 amide bonds. The molecule has 1 fully saturated rings. The van der Waals surface area contributed by atoms with Crippen LogP contribution in [0.15, 0.2) is 71.3 Å². The van der Waals surface area contributed by atoms with E-state index in [1.807, 2.05) is 62.8 Å². The van der Waals surface area contributed by atoms with E-state index in [0.717, 1.165) is 44.3 Å². The molecule has 1 aliphatic carbocycles. The Bertz CT molecular complexity index is 1830. The van der Waals surface area contributed by atoms with Gasteiger partial charge in [0.15, 0.2) is 6.20 Å². The van der Waals surface area contributed by atoms with Crippen LogP contribution in [0.4, 0.5) is 0 Å². The summed E-state index contributed by atoms with van der Waals surface area (Å²) in [5, 5.41) is 12.1. The summed E-state index contributed by atoms with van der Waals surface area (Å²) in [4.78, 5) is 0. The lowest BCUT2D eigenvalue weighted by Gasteiger charge is -2.18. The van der Waals surface area contributed by atoms with Crippen molar-refractivity contribution in [2.45, 2.75) is 65.7 Å². The molecule has 3 nitrogen and oxygen atoms in total. The summed E-state index contributed by atoms with van der Waals surface area (Å²) in [6.07, 6.45) is 5.50. The van der Waals surface area contributed by atoms with E-state index in [1.54, 1.807) is 0 Å². The Kier molecular flexibility index (Phi) is 5.72. The van der Waals surface area contributed by atoms with Crippen LogP contribution in [0.2, 0.25) is 0 Å². The number of benzene rings is 3. The maximum Gasteiger partial charge on any atom is 0.216 e. The van der Waals surface area contributed by atoms with Gasteiger partial charge in [0.2, 0.25) is 5.69 Å². The molecule has 39 heavy (non-hydrogen) atoms. The van der Waals surface area contributed by atoms with Gasteiger partial charge in [0.1, 0.15) is 18.2 Å². The van der Waals surface area contributed by atoms with Crippen LogP contribution >= 0.6 is 0 Å². The van der Waals surface area contributed by atoms with Crippen molar-refractivity contribution < 1.29 is 11.7 Å². The third-order valence-corrected chi connectivity index (χ3v) is 8.09. The molecule has 0 aliphatic heterocycles. The Morgan fingerprint density at radius 2 is 1.62 bits per heavy atom. The van der Waals surface area contributed by atoms with E-state index in [-0.39, 0.29) is 0 Å². The fourth-order valence-electron chi connectivity index (χ4n) is 6.21. The average Bonchev–Trinajstić information content (AvgIpc) is 3.61. The van der Waals surface area contributed by atoms with E-state index in [9.17, 15) is 5.26 Å². The molecule has 2 heterocycles. The summed E-state index contributed by atoms with van der Waals surface area (Å²) in [7, 11) is 1.98. The largest absolute Gasteiger partial charge is 0.454 e. The van der Waals surface area contributed by atoms with Crippen LogP contribution in [0.3, 0.4) is 0 Å². The Labute approximate surface area is 234 Å². The van der Waals surface area contributed by atoms with E-state index in [1.165, 1.54) is 31.2 Å². The molecule has 0 spiro atoms. The standard InChI is InChI=1S/C36H37N2O/c1-23-10-16-29-30-17-15-28(22-37)33(27-13-11-26(12-14-27)25-8-6-7-9-25)35(30)39-34(29)32(23)31-20-24(18-19-38(31)5)21-36(2,3)4/h10-20,25H,6-9,21H2,1-5H3/q+1/i21D2. The maximum absolute atomic E-state index is 10.1. The number of aryl methyl sites for hydroxylation is 2. The van der Waals surface area contributed by atoms with Crippen LogP contribution in [0, 0.1) is 23.7 Å². The van der Waals surface area contributed by atoms with Crippen molar-refractivity contribution in [1.29, 1.82) is 5.26 Å². The van der Waals surface area contributed by atoms with Crippen molar-refractivity contribution in [3.8, 4) is 28.5 Å². The van der Waals surface area contributed by atoms with Crippen LogP contribution in [0.1, 0.15) is 77.4 Å². The first kappa shape index (κ1) is 23.0. The molecular formula is C36H37N2O+. The molecule has 196 valence electrons. The van der Waals surface area contributed by atoms with E-state index in [4.69, 9.17) is 7.16 Å². The number of rotatable bonds is 4. The van der Waals surface area contributed by atoms with Gasteiger partial charge in [-0.25, -0.2) is 4.57 Å². The first-order valence-electron chi connectivity index (χ1n) is 15.0. The predicted octanol–water partition coefficient (Wildman–Crippen LogP) is 9.17. The van der Waals surface area contributed by atoms with E-state index < -0.39 is 11.8 Å². The first-order chi connectivity index (χ1) is 19.5. The monoisotopic (exact) mass is 515 g/mol. The Morgan fingerprint density at radius 1 is 0.949 bits per heavy atom. The summed E-state index contributed by atoms with van der Waals surface area (Å²) in [5.74, 6) is 0.632. The number of nitriles is 1. The molecule has 0 unspecified atom stereocenters. The number of aromatic nitrogens is 1. The second-order valence-electron chi connectivity index (χ2n) is 12.1. The summed E-state index contributed by atoms with van der Waals surface area (Å²) in [6.45, 7) is 7.86.